The van der Waals surface area contributed by atoms with Crippen LogP contribution in [-0.4, -0.2) is 34.7 Å². The Labute approximate surface area is 124 Å². The molecule has 3 N–H and O–H groups in total. The third kappa shape index (κ3) is 4.07. The largest absolute Gasteiger partial charge is 0.478 e. The molecule has 1 unspecified atom stereocenters. The highest BCUT2D eigenvalue weighted by Crippen LogP contribution is 2.25. The first-order valence-electron chi connectivity index (χ1n) is 6.36. The lowest BCUT2D eigenvalue weighted by Crippen LogP contribution is -2.33. The molecule has 2 amide bonds. The lowest BCUT2D eigenvalue weighted by atomic mass is 10.2. The van der Waals surface area contributed by atoms with E-state index in [0.717, 1.165) is 24.7 Å². The molecule has 5 nitrogen and oxygen atoms in total. The van der Waals surface area contributed by atoms with Gasteiger partial charge in [-0.2, -0.15) is 11.8 Å². The molecule has 1 atom stereocenters. The molecule has 0 aromatic heterocycles. The highest BCUT2D eigenvalue weighted by atomic mass is 32.2. The minimum Gasteiger partial charge on any atom is -0.478 e. The molecule has 2 rings (SSSR count). The van der Waals surface area contributed by atoms with Crippen molar-refractivity contribution in [2.24, 2.45) is 0 Å². The molecule has 0 aliphatic carbocycles. The van der Waals surface area contributed by atoms with Gasteiger partial charge in [0, 0.05) is 17.9 Å². The van der Waals surface area contributed by atoms with Crippen molar-refractivity contribution in [1.29, 1.82) is 0 Å². The van der Waals surface area contributed by atoms with Crippen molar-refractivity contribution < 1.29 is 23.5 Å². The van der Waals surface area contributed by atoms with Crippen molar-refractivity contribution in [1.82, 2.24) is 5.32 Å². The van der Waals surface area contributed by atoms with Crippen LogP contribution in [0.3, 0.4) is 0 Å². The number of carbonyl (C=O) groups is 2. The summed E-state index contributed by atoms with van der Waals surface area (Å²) < 4.78 is 26.7. The maximum Gasteiger partial charge on any atom is 0.338 e. The highest BCUT2D eigenvalue weighted by molar-refractivity contribution is 8.00. The van der Waals surface area contributed by atoms with Crippen LogP contribution in [0.15, 0.2) is 12.1 Å². The average Bonchev–Trinajstić information content (AvgIpc) is 2.92. The highest BCUT2D eigenvalue weighted by Gasteiger charge is 2.18. The third-order valence-corrected chi connectivity index (χ3v) is 4.45. The summed E-state index contributed by atoms with van der Waals surface area (Å²) in [5, 5.41) is 13.9. The molecule has 1 heterocycles. The zero-order chi connectivity index (χ0) is 15.4. The van der Waals surface area contributed by atoms with Crippen molar-refractivity contribution in [3.05, 3.63) is 29.3 Å². The van der Waals surface area contributed by atoms with Gasteiger partial charge in [0.2, 0.25) is 0 Å². The maximum absolute atomic E-state index is 13.5. The molecule has 1 aliphatic rings. The van der Waals surface area contributed by atoms with Crippen molar-refractivity contribution in [2.45, 2.75) is 18.1 Å². The number of hydrogen-bond donors (Lipinski definition) is 3. The second kappa shape index (κ2) is 6.75. The van der Waals surface area contributed by atoms with E-state index in [1.807, 2.05) is 0 Å². The van der Waals surface area contributed by atoms with E-state index >= 15 is 0 Å². The standard InChI is InChI=1S/C13H14F2N2O3S/c14-9-5-10(15)11(4-8(9)12(18)19)17-13(20)16-6-7-2-1-3-21-7/h4-5,7H,1-3,6H2,(H,18,19)(H2,16,17,20). The Hall–Kier alpha value is -1.83. The fourth-order valence-corrected chi connectivity index (χ4v) is 3.19. The Morgan fingerprint density at radius 3 is 2.71 bits per heavy atom. The fraction of sp³-hybridized carbons (Fsp3) is 0.385. The molecule has 21 heavy (non-hydrogen) atoms. The smallest absolute Gasteiger partial charge is 0.338 e. The number of carboxylic acid groups (broad SMARTS) is 1. The molecule has 0 saturated carbocycles. The minimum absolute atomic E-state index is 0.336. The lowest BCUT2D eigenvalue weighted by Gasteiger charge is -2.12. The van der Waals surface area contributed by atoms with E-state index in [0.29, 0.717) is 17.9 Å². The minimum atomic E-state index is -1.53. The number of anilines is 1. The van der Waals surface area contributed by atoms with E-state index in [1.165, 1.54) is 0 Å². The van der Waals surface area contributed by atoms with E-state index in [2.05, 4.69) is 10.6 Å². The zero-order valence-electron chi connectivity index (χ0n) is 11.0. The Bertz CT molecular complexity index is 563. The Morgan fingerprint density at radius 2 is 2.10 bits per heavy atom. The number of aromatic carboxylic acids is 1. The second-order valence-electron chi connectivity index (χ2n) is 4.59. The molecule has 0 spiro atoms. The fourth-order valence-electron chi connectivity index (χ4n) is 1.99. The van der Waals surface area contributed by atoms with Crippen LogP contribution in [0.25, 0.3) is 0 Å². The van der Waals surface area contributed by atoms with Gasteiger partial charge in [0.25, 0.3) is 0 Å². The van der Waals surface area contributed by atoms with Gasteiger partial charge in [-0.25, -0.2) is 18.4 Å². The molecule has 114 valence electrons. The molecular weight excluding hydrogens is 302 g/mol. The van der Waals surface area contributed by atoms with Gasteiger partial charge < -0.3 is 15.7 Å². The monoisotopic (exact) mass is 316 g/mol. The van der Waals surface area contributed by atoms with Gasteiger partial charge in [-0.3, -0.25) is 0 Å². The van der Waals surface area contributed by atoms with Crippen LogP contribution < -0.4 is 10.6 Å². The van der Waals surface area contributed by atoms with E-state index < -0.39 is 29.2 Å². The molecule has 0 bridgehead atoms. The van der Waals surface area contributed by atoms with Crippen LogP contribution in [0.5, 0.6) is 0 Å². The first kappa shape index (κ1) is 15.6. The van der Waals surface area contributed by atoms with Crippen LogP contribution in [0, 0.1) is 11.6 Å². The Balaban J connectivity index is 1.99. The topological polar surface area (TPSA) is 78.4 Å². The van der Waals surface area contributed by atoms with Crippen molar-refractivity contribution >= 4 is 29.4 Å². The quantitative estimate of drug-likeness (QED) is 0.798. The lowest BCUT2D eigenvalue weighted by molar-refractivity contribution is 0.0692. The number of carbonyl (C=O) groups excluding carboxylic acids is 1. The Kier molecular flexibility index (Phi) is 5.00. The molecular formula is C13H14F2N2O3S. The average molecular weight is 316 g/mol. The molecule has 0 radical (unpaired) electrons. The van der Waals surface area contributed by atoms with Gasteiger partial charge in [-0.05, 0) is 24.7 Å². The molecule has 1 saturated heterocycles. The normalized spacial score (nSPS) is 17.5. The summed E-state index contributed by atoms with van der Waals surface area (Å²) in [5.74, 6) is -2.68. The summed E-state index contributed by atoms with van der Waals surface area (Å²) in [7, 11) is 0. The van der Waals surface area contributed by atoms with E-state index in [4.69, 9.17) is 5.11 Å². The predicted molar refractivity (Wildman–Crippen MR) is 75.8 cm³/mol. The zero-order valence-corrected chi connectivity index (χ0v) is 11.8. The summed E-state index contributed by atoms with van der Waals surface area (Å²) in [6, 6.07) is 0.548. The molecule has 1 aromatic rings. The van der Waals surface area contributed by atoms with Gasteiger partial charge in [0.15, 0.2) is 0 Å². The van der Waals surface area contributed by atoms with E-state index in [-0.39, 0.29) is 5.69 Å². The van der Waals surface area contributed by atoms with Crippen LogP contribution in [0.2, 0.25) is 0 Å². The SMILES string of the molecule is O=C(NCC1CCCS1)Nc1cc(C(=O)O)c(F)cc1F. The van der Waals surface area contributed by atoms with Crippen molar-refractivity contribution in [2.75, 3.05) is 17.6 Å². The molecule has 1 fully saturated rings. The number of benzene rings is 1. The van der Waals surface area contributed by atoms with Gasteiger partial charge >= 0.3 is 12.0 Å². The van der Waals surface area contributed by atoms with Gasteiger partial charge in [0.1, 0.15) is 11.6 Å². The van der Waals surface area contributed by atoms with Crippen molar-refractivity contribution in [3.8, 4) is 0 Å². The van der Waals surface area contributed by atoms with Crippen LogP contribution in [0.4, 0.5) is 19.3 Å². The number of urea groups is 1. The summed E-state index contributed by atoms with van der Waals surface area (Å²) in [6.07, 6.45) is 2.12. The number of thioether (sulfide) groups is 1. The summed E-state index contributed by atoms with van der Waals surface area (Å²) >= 11 is 1.76. The summed E-state index contributed by atoms with van der Waals surface area (Å²) in [4.78, 5) is 22.4. The summed E-state index contributed by atoms with van der Waals surface area (Å²) in [5.41, 5.74) is -1.07. The van der Waals surface area contributed by atoms with E-state index in [1.54, 1.807) is 11.8 Å². The number of amides is 2. The second-order valence-corrected chi connectivity index (χ2v) is 6.00. The number of nitrogens with one attached hydrogen (secondary N) is 2. The molecule has 1 aliphatic heterocycles. The van der Waals surface area contributed by atoms with Crippen LogP contribution in [-0.2, 0) is 0 Å². The molecule has 1 aromatic carbocycles. The predicted octanol–water partition coefficient (Wildman–Crippen LogP) is 2.68. The number of rotatable bonds is 4. The van der Waals surface area contributed by atoms with Gasteiger partial charge in [0.05, 0.1) is 11.3 Å². The first-order valence-corrected chi connectivity index (χ1v) is 7.41. The molecule has 8 heteroatoms. The van der Waals surface area contributed by atoms with Crippen LogP contribution in [0.1, 0.15) is 23.2 Å². The number of halogens is 2. The Morgan fingerprint density at radius 1 is 1.33 bits per heavy atom. The summed E-state index contributed by atoms with van der Waals surface area (Å²) in [6.45, 7) is 0.450. The van der Waals surface area contributed by atoms with Gasteiger partial charge in [-0.15, -0.1) is 0 Å². The number of carboxylic acids is 1. The first-order chi connectivity index (χ1) is 9.97. The van der Waals surface area contributed by atoms with E-state index in [9.17, 15) is 18.4 Å². The van der Waals surface area contributed by atoms with Gasteiger partial charge in [-0.1, -0.05) is 0 Å². The van der Waals surface area contributed by atoms with Crippen molar-refractivity contribution in [3.63, 3.8) is 0 Å². The van der Waals surface area contributed by atoms with Crippen LogP contribution >= 0.6 is 11.8 Å². The maximum atomic E-state index is 13.5. The third-order valence-electron chi connectivity index (χ3n) is 3.05. The number of hydrogen-bond acceptors (Lipinski definition) is 3.